The first-order valence-electron chi connectivity index (χ1n) is 16.4. The molecule has 0 aliphatic carbocycles. The van der Waals surface area contributed by atoms with Crippen LogP contribution in [0, 0.1) is 0 Å². The van der Waals surface area contributed by atoms with Crippen molar-refractivity contribution in [1.29, 1.82) is 0 Å². The summed E-state index contributed by atoms with van der Waals surface area (Å²) in [6.07, 6.45) is 26.8. The average Bonchev–Trinajstić information content (AvgIpc) is 2.84. The van der Waals surface area contributed by atoms with Gasteiger partial charge in [0.1, 0.15) is 0 Å². The largest absolute Gasteiger partial charge is 0.394 e. The van der Waals surface area contributed by atoms with Crippen LogP contribution in [0.25, 0.3) is 0 Å². The zero-order chi connectivity index (χ0) is 28.6. The summed E-state index contributed by atoms with van der Waals surface area (Å²) in [4.78, 5) is 0. The molecule has 0 amide bonds. The summed E-state index contributed by atoms with van der Waals surface area (Å²) < 4.78 is 41.9. The first-order valence-corrected chi connectivity index (χ1v) is 31.8. The van der Waals surface area contributed by atoms with Crippen molar-refractivity contribution < 1.29 is 17.5 Å². The third-order valence-electron chi connectivity index (χ3n) is 7.30. The van der Waals surface area contributed by atoms with E-state index in [0.29, 0.717) is 0 Å². The minimum Gasteiger partial charge on any atom is -0.264 e. The molecule has 0 aromatic heterocycles. The van der Waals surface area contributed by atoms with Crippen molar-refractivity contribution in [2.45, 2.75) is 184 Å². The van der Waals surface area contributed by atoms with Gasteiger partial charge in [0.15, 0.2) is 0 Å². The minimum absolute atomic E-state index is 1.03. The Kier molecular flexibility index (Phi) is 41.2. The van der Waals surface area contributed by atoms with Crippen molar-refractivity contribution in [3.05, 3.63) is 0 Å². The van der Waals surface area contributed by atoms with Crippen molar-refractivity contribution >= 4 is 49.9 Å². The fourth-order valence-corrected chi connectivity index (χ4v) is 24.7. The molecule has 2 N–H and O–H groups in total. The number of rotatable bonds is 24. The second-order valence-corrected chi connectivity index (χ2v) is 31.8. The molecule has 0 spiro atoms. The van der Waals surface area contributed by atoms with E-state index < -0.39 is 49.9 Å². The van der Waals surface area contributed by atoms with Crippen LogP contribution in [0.5, 0.6) is 0 Å². The van der Waals surface area contributed by atoms with E-state index in [-0.39, 0.29) is 0 Å². The number of hydrogen-bond donors (Lipinski definition) is 2. The van der Waals surface area contributed by atoms with Gasteiger partial charge in [0.2, 0.25) is 0 Å². The Morgan fingerprint density at radius 1 is 0.378 bits per heavy atom. The van der Waals surface area contributed by atoms with Gasteiger partial charge in [-0.05, 0) is 0 Å². The summed E-state index contributed by atoms with van der Waals surface area (Å²) in [6.45, 7) is 14.0. The molecule has 0 bridgehead atoms. The Bertz CT molecular complexity index is 418. The molecule has 0 aliphatic heterocycles. The van der Waals surface area contributed by atoms with Gasteiger partial charge in [0.25, 0.3) is 0 Å². The van der Waals surface area contributed by atoms with Crippen molar-refractivity contribution in [3.63, 3.8) is 0 Å². The maximum Gasteiger partial charge on any atom is 0.394 e. The third-order valence-corrected chi connectivity index (χ3v) is 28.3. The van der Waals surface area contributed by atoms with Crippen LogP contribution in [0.1, 0.15) is 157 Å². The molecule has 0 aromatic rings. The van der Waals surface area contributed by atoms with E-state index in [0.717, 1.165) is 0 Å². The van der Waals surface area contributed by atoms with Gasteiger partial charge in [0, 0.05) is 0 Å². The second-order valence-electron chi connectivity index (χ2n) is 11.2. The van der Waals surface area contributed by atoms with Crippen LogP contribution >= 0.6 is 0 Å². The van der Waals surface area contributed by atoms with Gasteiger partial charge in [-0.25, -0.2) is 0 Å². The predicted molar refractivity (Wildman–Crippen MR) is 174 cm³/mol. The van der Waals surface area contributed by atoms with Gasteiger partial charge < -0.3 is 0 Å². The van der Waals surface area contributed by atoms with Crippen molar-refractivity contribution in [3.8, 4) is 0 Å². The average molecular weight is 764 g/mol. The summed E-state index contributed by atoms with van der Waals surface area (Å²) in [5.41, 5.74) is 0. The van der Waals surface area contributed by atoms with E-state index >= 15 is 0 Å². The quantitative estimate of drug-likeness (QED) is 0.0583. The Morgan fingerprint density at radius 2 is 0.514 bits per heavy atom. The normalized spacial score (nSPS) is 11.3. The summed E-state index contributed by atoms with van der Waals surface area (Å²) >= 11 is -2.06. The molecule has 7 heteroatoms. The zero-order valence-electron chi connectivity index (χ0n) is 26.2. The van der Waals surface area contributed by atoms with Gasteiger partial charge in [-0.1, -0.05) is 0 Å². The molecule has 228 valence electrons. The van der Waals surface area contributed by atoms with Gasteiger partial charge >= 0.3 is 234 Å². The summed E-state index contributed by atoms with van der Waals surface area (Å²) in [5, 5.41) is 0. The van der Waals surface area contributed by atoms with Gasteiger partial charge in [-0.15, -0.1) is 0 Å². The van der Waals surface area contributed by atoms with Gasteiger partial charge in [-0.3, -0.25) is 9.11 Å². The summed E-state index contributed by atoms with van der Waals surface area (Å²) in [7, 11) is -4.67. The molecular formula is C30H70O4SSn2. The minimum atomic E-state index is -4.67. The van der Waals surface area contributed by atoms with Crippen LogP contribution in [0.4, 0.5) is 0 Å². The van der Waals surface area contributed by atoms with Crippen LogP contribution in [0.15, 0.2) is 0 Å². The number of hydrogen-bond acceptors (Lipinski definition) is 2. The summed E-state index contributed by atoms with van der Waals surface area (Å²) in [5.74, 6) is 0. The molecule has 0 fully saturated rings. The summed E-state index contributed by atoms with van der Waals surface area (Å²) in [6, 6.07) is 0. The zero-order valence-corrected chi connectivity index (χ0v) is 33.7. The van der Waals surface area contributed by atoms with E-state index in [2.05, 4.69) is 41.5 Å². The maximum atomic E-state index is 8.74. The van der Waals surface area contributed by atoms with Crippen LogP contribution < -0.4 is 0 Å². The molecule has 0 saturated carbocycles. The van der Waals surface area contributed by atoms with E-state index in [9.17, 15) is 0 Å². The van der Waals surface area contributed by atoms with E-state index in [1.165, 1.54) is 77.0 Å². The monoisotopic (exact) mass is 766 g/mol. The predicted octanol–water partition coefficient (Wildman–Crippen LogP) is 10.9. The van der Waals surface area contributed by atoms with E-state index in [1.54, 1.807) is 65.1 Å². The Labute approximate surface area is 249 Å². The fraction of sp³-hybridized carbons (Fsp3) is 1.00. The SMILES string of the molecule is CCCC[CH2][SnH]([CH2]CCCC)[CH2]CCCC.CCCC[CH2][SnH]([CH2]CCCC)[CH2]CCCC.O=S(=O)(O)O. The van der Waals surface area contributed by atoms with E-state index in [4.69, 9.17) is 17.5 Å². The molecule has 0 aliphatic rings. The molecule has 0 saturated heterocycles. The molecule has 0 radical (unpaired) electrons. The first-order chi connectivity index (χ1) is 17.7. The molecule has 0 atom stereocenters. The Balaban J connectivity index is -0.000000528. The second kappa shape index (κ2) is 35.5. The fourth-order valence-electron chi connectivity index (χ4n) is 4.96. The molecule has 4 nitrogen and oxygen atoms in total. The van der Waals surface area contributed by atoms with Crippen LogP contribution in [0.3, 0.4) is 0 Å². The Morgan fingerprint density at radius 3 is 0.622 bits per heavy atom. The molecule has 0 aromatic carbocycles. The molecule has 0 unspecified atom stereocenters. The molecule has 0 heterocycles. The molecule has 37 heavy (non-hydrogen) atoms. The topological polar surface area (TPSA) is 74.6 Å². The standard InChI is InChI=1S/6C5H11.H2O4S.2Sn.2H/c6*1-3-5-4-2;1-5(2,3)4;;;;/h6*1,3-5H2,2H3;(H2,1,2,3,4);;;;. The Hall–Kier alpha value is 1.47. The number of unbranched alkanes of at least 4 members (excludes halogenated alkanes) is 12. The first kappa shape index (κ1) is 42.9. The van der Waals surface area contributed by atoms with Gasteiger partial charge in [-0.2, -0.15) is 8.42 Å². The molecule has 0 rings (SSSR count). The van der Waals surface area contributed by atoms with Crippen molar-refractivity contribution in [2.75, 3.05) is 0 Å². The van der Waals surface area contributed by atoms with Crippen molar-refractivity contribution in [1.82, 2.24) is 0 Å². The third kappa shape index (κ3) is 47.6. The molecular weight excluding hydrogens is 694 g/mol. The van der Waals surface area contributed by atoms with E-state index in [1.807, 2.05) is 0 Å². The smallest absolute Gasteiger partial charge is 0.264 e. The van der Waals surface area contributed by atoms with Crippen molar-refractivity contribution in [2.24, 2.45) is 0 Å². The van der Waals surface area contributed by atoms with Crippen LogP contribution in [-0.2, 0) is 10.4 Å². The van der Waals surface area contributed by atoms with Crippen LogP contribution in [0.2, 0.25) is 26.6 Å². The van der Waals surface area contributed by atoms with Gasteiger partial charge in [0.05, 0.1) is 0 Å². The maximum absolute atomic E-state index is 8.74. The van der Waals surface area contributed by atoms with Crippen LogP contribution in [-0.4, -0.2) is 57.0 Å².